The summed E-state index contributed by atoms with van der Waals surface area (Å²) in [5.74, 6) is -1.21. The second-order valence-electron chi connectivity index (χ2n) is 4.74. The zero-order valence-electron chi connectivity index (χ0n) is 12.5. The lowest BCUT2D eigenvalue weighted by molar-refractivity contribution is -0.131. The zero-order valence-corrected chi connectivity index (χ0v) is 12.5. The Labute approximate surface area is 128 Å². The first-order chi connectivity index (χ1) is 10.5. The van der Waals surface area contributed by atoms with Crippen molar-refractivity contribution < 1.29 is 24.2 Å². The first-order valence-corrected chi connectivity index (χ1v) is 6.64. The highest BCUT2D eigenvalue weighted by Gasteiger charge is 2.25. The highest BCUT2D eigenvalue weighted by Crippen LogP contribution is 2.41. The van der Waals surface area contributed by atoms with Crippen LogP contribution in [0.15, 0.2) is 36.4 Å². The maximum Gasteiger partial charge on any atom is 0.342 e. The Morgan fingerprint density at radius 2 is 1.77 bits per heavy atom. The third-order valence-electron chi connectivity index (χ3n) is 3.14. The van der Waals surface area contributed by atoms with Gasteiger partial charge in [0.25, 0.3) is 0 Å². The fourth-order valence-electron chi connectivity index (χ4n) is 2.25. The SMILES string of the molecule is COC(=O)c1c(O)cc(C)c(OC(C)=O)c1-c1ccccc1. The molecular weight excluding hydrogens is 284 g/mol. The van der Waals surface area contributed by atoms with Crippen molar-refractivity contribution in [3.63, 3.8) is 0 Å². The number of phenolic OH excluding ortho intramolecular Hbond substituents is 1. The van der Waals surface area contributed by atoms with Gasteiger partial charge in [0, 0.05) is 12.5 Å². The predicted octanol–water partition coefficient (Wildman–Crippen LogP) is 3.08. The first-order valence-electron chi connectivity index (χ1n) is 6.64. The minimum absolute atomic E-state index is 0.0319. The smallest absolute Gasteiger partial charge is 0.342 e. The van der Waals surface area contributed by atoms with E-state index in [4.69, 9.17) is 9.47 Å². The third-order valence-corrected chi connectivity index (χ3v) is 3.14. The van der Waals surface area contributed by atoms with Crippen LogP contribution in [0, 0.1) is 6.92 Å². The molecule has 0 heterocycles. The van der Waals surface area contributed by atoms with Gasteiger partial charge in [0.2, 0.25) is 0 Å². The molecule has 0 radical (unpaired) electrons. The third kappa shape index (κ3) is 2.93. The molecule has 0 aromatic heterocycles. The van der Waals surface area contributed by atoms with Gasteiger partial charge in [-0.05, 0) is 24.1 Å². The number of phenols is 1. The largest absolute Gasteiger partial charge is 0.507 e. The fraction of sp³-hybridized carbons (Fsp3) is 0.176. The molecule has 0 spiro atoms. The van der Waals surface area contributed by atoms with Gasteiger partial charge in [-0.15, -0.1) is 0 Å². The summed E-state index contributed by atoms with van der Waals surface area (Å²) in [5.41, 5.74) is 1.48. The summed E-state index contributed by atoms with van der Waals surface area (Å²) in [6, 6.07) is 10.3. The van der Waals surface area contributed by atoms with Crippen LogP contribution in [0.5, 0.6) is 11.5 Å². The predicted molar refractivity (Wildman–Crippen MR) is 80.9 cm³/mol. The average Bonchev–Trinajstić information content (AvgIpc) is 2.49. The van der Waals surface area contributed by atoms with Crippen LogP contribution < -0.4 is 4.74 Å². The molecule has 0 amide bonds. The van der Waals surface area contributed by atoms with E-state index in [1.165, 1.54) is 20.1 Å². The van der Waals surface area contributed by atoms with E-state index in [2.05, 4.69) is 0 Å². The molecule has 5 nitrogen and oxygen atoms in total. The van der Waals surface area contributed by atoms with E-state index in [-0.39, 0.29) is 17.1 Å². The second-order valence-corrected chi connectivity index (χ2v) is 4.74. The van der Waals surface area contributed by atoms with Crippen LogP contribution in [0.3, 0.4) is 0 Å². The van der Waals surface area contributed by atoms with Gasteiger partial charge in [-0.1, -0.05) is 30.3 Å². The Morgan fingerprint density at radius 1 is 1.14 bits per heavy atom. The van der Waals surface area contributed by atoms with Crippen LogP contribution in [-0.4, -0.2) is 24.2 Å². The fourth-order valence-corrected chi connectivity index (χ4v) is 2.25. The molecule has 2 rings (SSSR count). The van der Waals surface area contributed by atoms with Crippen molar-refractivity contribution in [3.05, 3.63) is 47.5 Å². The molecule has 114 valence electrons. The highest BCUT2D eigenvalue weighted by atomic mass is 16.5. The Balaban J connectivity index is 2.84. The van der Waals surface area contributed by atoms with Gasteiger partial charge in [-0.25, -0.2) is 4.79 Å². The van der Waals surface area contributed by atoms with Crippen LogP contribution in [0.1, 0.15) is 22.8 Å². The van der Waals surface area contributed by atoms with Gasteiger partial charge in [0.15, 0.2) is 0 Å². The Hall–Kier alpha value is -2.82. The number of ether oxygens (including phenoxy) is 2. The molecule has 2 aromatic rings. The molecule has 0 aliphatic heterocycles. The minimum atomic E-state index is -0.704. The summed E-state index contributed by atoms with van der Waals surface area (Å²) < 4.78 is 10.0. The summed E-state index contributed by atoms with van der Waals surface area (Å²) in [4.78, 5) is 23.4. The summed E-state index contributed by atoms with van der Waals surface area (Å²) in [5, 5.41) is 10.2. The molecule has 1 N–H and O–H groups in total. The van der Waals surface area contributed by atoms with Gasteiger partial charge in [0.1, 0.15) is 17.1 Å². The van der Waals surface area contributed by atoms with E-state index in [1.54, 1.807) is 31.2 Å². The summed E-state index contributed by atoms with van der Waals surface area (Å²) >= 11 is 0. The van der Waals surface area contributed by atoms with Crippen molar-refractivity contribution in [2.75, 3.05) is 7.11 Å². The number of hydrogen-bond donors (Lipinski definition) is 1. The molecule has 22 heavy (non-hydrogen) atoms. The van der Waals surface area contributed by atoms with Crippen LogP contribution in [0.2, 0.25) is 0 Å². The Bertz CT molecular complexity index is 720. The molecule has 0 saturated heterocycles. The van der Waals surface area contributed by atoms with Gasteiger partial charge in [0.05, 0.1) is 7.11 Å². The number of aromatic hydroxyl groups is 1. The van der Waals surface area contributed by atoms with Crippen molar-refractivity contribution in [3.8, 4) is 22.6 Å². The van der Waals surface area contributed by atoms with Gasteiger partial charge >= 0.3 is 11.9 Å². The molecule has 0 unspecified atom stereocenters. The van der Waals surface area contributed by atoms with E-state index in [1.807, 2.05) is 6.07 Å². The molecule has 0 saturated carbocycles. The zero-order chi connectivity index (χ0) is 16.3. The number of benzene rings is 2. The lowest BCUT2D eigenvalue weighted by atomic mass is 9.95. The van der Waals surface area contributed by atoms with E-state index in [9.17, 15) is 14.7 Å². The van der Waals surface area contributed by atoms with Crippen molar-refractivity contribution in [2.45, 2.75) is 13.8 Å². The maximum absolute atomic E-state index is 12.1. The van der Waals surface area contributed by atoms with Crippen LogP contribution in [0.4, 0.5) is 0 Å². The van der Waals surface area contributed by atoms with Crippen LogP contribution >= 0.6 is 0 Å². The molecule has 5 heteroatoms. The molecule has 0 aliphatic rings. The highest BCUT2D eigenvalue weighted by molar-refractivity contribution is 6.02. The monoisotopic (exact) mass is 300 g/mol. The first kappa shape index (κ1) is 15.6. The standard InChI is InChI=1S/C17H16O5/c1-10-9-13(19)15(17(20)21-3)14(16(10)22-11(2)18)12-7-5-4-6-8-12/h4-9,19H,1-3H3. The molecule has 0 bridgehead atoms. The lowest BCUT2D eigenvalue weighted by Crippen LogP contribution is -2.10. The van der Waals surface area contributed by atoms with Gasteiger partial charge in [-0.3, -0.25) is 4.79 Å². The average molecular weight is 300 g/mol. The number of carbonyl (C=O) groups excluding carboxylic acids is 2. The van der Waals surface area contributed by atoms with E-state index >= 15 is 0 Å². The topological polar surface area (TPSA) is 72.8 Å². The van der Waals surface area contributed by atoms with Gasteiger partial charge in [-0.2, -0.15) is 0 Å². The van der Waals surface area contributed by atoms with Crippen molar-refractivity contribution >= 4 is 11.9 Å². The number of aryl methyl sites for hydroxylation is 1. The maximum atomic E-state index is 12.1. The number of hydrogen-bond acceptors (Lipinski definition) is 5. The minimum Gasteiger partial charge on any atom is -0.507 e. The van der Waals surface area contributed by atoms with E-state index in [0.29, 0.717) is 16.7 Å². The van der Waals surface area contributed by atoms with Crippen molar-refractivity contribution in [1.82, 2.24) is 0 Å². The lowest BCUT2D eigenvalue weighted by Gasteiger charge is -2.17. The van der Waals surface area contributed by atoms with Crippen LogP contribution in [-0.2, 0) is 9.53 Å². The van der Waals surface area contributed by atoms with E-state index < -0.39 is 11.9 Å². The number of rotatable bonds is 3. The summed E-state index contributed by atoms with van der Waals surface area (Å²) in [6.45, 7) is 2.96. The van der Waals surface area contributed by atoms with Crippen molar-refractivity contribution in [2.24, 2.45) is 0 Å². The summed E-state index contributed by atoms with van der Waals surface area (Å²) in [7, 11) is 1.22. The van der Waals surface area contributed by atoms with Gasteiger partial charge < -0.3 is 14.6 Å². The van der Waals surface area contributed by atoms with Crippen molar-refractivity contribution in [1.29, 1.82) is 0 Å². The number of methoxy groups -OCH3 is 1. The quantitative estimate of drug-likeness (QED) is 0.696. The Morgan fingerprint density at radius 3 is 2.32 bits per heavy atom. The molecule has 0 atom stereocenters. The molecule has 0 fully saturated rings. The second kappa shape index (κ2) is 6.30. The van der Waals surface area contributed by atoms with Crippen LogP contribution in [0.25, 0.3) is 11.1 Å². The molecule has 0 aliphatic carbocycles. The Kier molecular flexibility index (Phi) is 4.46. The van der Waals surface area contributed by atoms with E-state index in [0.717, 1.165) is 0 Å². The number of carbonyl (C=O) groups is 2. The molecular formula is C17H16O5. The number of esters is 2. The summed E-state index contributed by atoms with van der Waals surface area (Å²) in [6.07, 6.45) is 0. The molecule has 2 aromatic carbocycles. The normalized spacial score (nSPS) is 10.1.